The molecule has 0 unspecified atom stereocenters. The van der Waals surface area contributed by atoms with Crippen molar-refractivity contribution in [2.24, 2.45) is 5.92 Å². The van der Waals surface area contributed by atoms with Crippen LogP contribution in [-0.2, 0) is 24.0 Å². The molecule has 7 nitrogen and oxygen atoms in total. The van der Waals surface area contributed by atoms with E-state index in [0.29, 0.717) is 24.1 Å². The maximum absolute atomic E-state index is 11.9. The monoisotopic (exact) mass is 282 g/mol. The smallest absolute Gasteiger partial charge is 0.342 e. The molecule has 7 heteroatoms. The number of amides is 3. The molecule has 20 heavy (non-hydrogen) atoms. The van der Waals surface area contributed by atoms with Gasteiger partial charge in [0.05, 0.1) is 0 Å². The van der Waals surface area contributed by atoms with E-state index in [0.717, 1.165) is 12.8 Å². The van der Waals surface area contributed by atoms with Crippen LogP contribution in [0.3, 0.4) is 0 Å². The third kappa shape index (κ3) is 3.34. The summed E-state index contributed by atoms with van der Waals surface area (Å²) >= 11 is 0. The molecular weight excluding hydrogens is 264 g/mol. The summed E-state index contributed by atoms with van der Waals surface area (Å²) in [4.78, 5) is 52.3. The van der Waals surface area contributed by atoms with Crippen LogP contribution in [0.2, 0.25) is 0 Å². The Hall–Kier alpha value is -1.92. The average molecular weight is 282 g/mol. The van der Waals surface area contributed by atoms with E-state index in [2.05, 4.69) is 11.8 Å². The molecule has 3 amide bonds. The molecule has 0 bridgehead atoms. The normalized spacial score (nSPS) is 20.4. The molecule has 0 saturated carbocycles. The van der Waals surface area contributed by atoms with Gasteiger partial charge < -0.3 is 9.74 Å². The number of piperidine rings is 1. The van der Waals surface area contributed by atoms with Gasteiger partial charge in [-0.25, -0.2) is 4.79 Å². The predicted molar refractivity (Wildman–Crippen MR) is 66.8 cm³/mol. The first-order valence-electron chi connectivity index (χ1n) is 6.81. The lowest BCUT2D eigenvalue weighted by atomic mass is 9.99. The Bertz CT molecular complexity index is 424. The highest BCUT2D eigenvalue weighted by atomic mass is 16.7. The molecule has 0 aromatic rings. The number of nitrogens with zero attached hydrogens (tertiary/aromatic N) is 2. The molecular formula is C13H18N2O5. The van der Waals surface area contributed by atoms with E-state index >= 15 is 0 Å². The maximum atomic E-state index is 11.9. The van der Waals surface area contributed by atoms with Crippen molar-refractivity contribution in [2.45, 2.75) is 39.0 Å². The number of hydroxylamine groups is 2. The summed E-state index contributed by atoms with van der Waals surface area (Å²) in [5.74, 6) is -1.67. The molecule has 110 valence electrons. The fourth-order valence-corrected chi connectivity index (χ4v) is 2.29. The number of hydrogen-bond donors (Lipinski definition) is 0. The predicted octanol–water partition coefficient (Wildman–Crippen LogP) is 0.242. The quantitative estimate of drug-likeness (QED) is 0.547. The second-order valence-corrected chi connectivity index (χ2v) is 5.29. The molecule has 0 aromatic carbocycles. The lowest BCUT2D eigenvalue weighted by molar-refractivity contribution is -0.198. The Morgan fingerprint density at radius 3 is 2.25 bits per heavy atom. The van der Waals surface area contributed by atoms with E-state index in [9.17, 15) is 19.2 Å². The highest BCUT2D eigenvalue weighted by Crippen LogP contribution is 2.17. The van der Waals surface area contributed by atoms with E-state index < -0.39 is 24.2 Å². The summed E-state index contributed by atoms with van der Waals surface area (Å²) in [6.07, 6.45) is 1.49. The van der Waals surface area contributed by atoms with Gasteiger partial charge >= 0.3 is 5.97 Å². The van der Waals surface area contributed by atoms with Crippen LogP contribution < -0.4 is 0 Å². The number of carbonyl (C=O) groups excluding carboxylic acids is 4. The van der Waals surface area contributed by atoms with Gasteiger partial charge in [-0.15, -0.1) is 5.06 Å². The summed E-state index contributed by atoms with van der Waals surface area (Å²) in [5, 5.41) is 0.466. The van der Waals surface area contributed by atoms with E-state index in [1.54, 1.807) is 4.90 Å². The Morgan fingerprint density at radius 1 is 1.15 bits per heavy atom. The first-order valence-corrected chi connectivity index (χ1v) is 6.81. The SMILES string of the molecule is CC1CCN(C(=O)CC(=O)ON2C(=O)CCC2=O)CC1. The highest BCUT2D eigenvalue weighted by Gasteiger charge is 2.33. The van der Waals surface area contributed by atoms with Crippen molar-refractivity contribution in [1.82, 2.24) is 9.96 Å². The lowest BCUT2D eigenvalue weighted by Gasteiger charge is -2.30. The number of hydrogen-bond acceptors (Lipinski definition) is 5. The van der Waals surface area contributed by atoms with Crippen molar-refractivity contribution in [2.75, 3.05) is 13.1 Å². The Labute approximate surface area is 116 Å². The molecule has 2 fully saturated rings. The van der Waals surface area contributed by atoms with E-state index in [4.69, 9.17) is 0 Å². The Kier molecular flexibility index (Phi) is 4.36. The number of likely N-dealkylation sites (tertiary alicyclic amines) is 1. The molecule has 0 radical (unpaired) electrons. The standard InChI is InChI=1S/C13H18N2O5/c1-9-4-6-14(7-5-9)12(18)8-13(19)20-15-10(16)2-3-11(15)17/h9H,2-8H2,1H3. The van der Waals surface area contributed by atoms with E-state index in [1.165, 1.54) is 0 Å². The molecule has 2 rings (SSSR count). The van der Waals surface area contributed by atoms with Gasteiger partial charge in [0, 0.05) is 25.9 Å². The van der Waals surface area contributed by atoms with Crippen molar-refractivity contribution in [3.8, 4) is 0 Å². The summed E-state index contributed by atoms with van der Waals surface area (Å²) in [7, 11) is 0. The van der Waals surface area contributed by atoms with Crippen LogP contribution in [0.25, 0.3) is 0 Å². The number of imide groups is 1. The molecule has 0 aliphatic carbocycles. The van der Waals surface area contributed by atoms with Gasteiger partial charge in [-0.05, 0) is 18.8 Å². The van der Waals surface area contributed by atoms with Crippen LogP contribution in [0.1, 0.15) is 39.0 Å². The fourth-order valence-electron chi connectivity index (χ4n) is 2.29. The van der Waals surface area contributed by atoms with Crippen LogP contribution >= 0.6 is 0 Å². The lowest BCUT2D eigenvalue weighted by Crippen LogP contribution is -2.40. The maximum Gasteiger partial charge on any atom is 0.342 e. The topological polar surface area (TPSA) is 84.0 Å². The van der Waals surface area contributed by atoms with Crippen molar-refractivity contribution < 1.29 is 24.0 Å². The van der Waals surface area contributed by atoms with Crippen LogP contribution in [0.15, 0.2) is 0 Å². The van der Waals surface area contributed by atoms with Gasteiger partial charge in [0.2, 0.25) is 5.91 Å². The van der Waals surface area contributed by atoms with Gasteiger partial charge in [0.25, 0.3) is 11.8 Å². The minimum Gasteiger partial charge on any atom is -0.342 e. The fraction of sp³-hybridized carbons (Fsp3) is 0.692. The largest absolute Gasteiger partial charge is 0.342 e. The van der Waals surface area contributed by atoms with Crippen molar-refractivity contribution in [1.29, 1.82) is 0 Å². The first kappa shape index (κ1) is 14.5. The average Bonchev–Trinajstić information content (AvgIpc) is 2.71. The van der Waals surface area contributed by atoms with Crippen molar-refractivity contribution in [3.63, 3.8) is 0 Å². The van der Waals surface area contributed by atoms with Crippen LogP contribution in [-0.4, -0.2) is 46.7 Å². The molecule has 0 atom stereocenters. The molecule has 0 N–H and O–H groups in total. The summed E-state index contributed by atoms with van der Waals surface area (Å²) in [6, 6.07) is 0. The molecule has 0 spiro atoms. The third-order valence-electron chi connectivity index (χ3n) is 3.63. The van der Waals surface area contributed by atoms with Crippen LogP contribution in [0.4, 0.5) is 0 Å². The summed E-state index contributed by atoms with van der Waals surface area (Å²) in [6.45, 7) is 3.39. The van der Waals surface area contributed by atoms with E-state index in [-0.39, 0.29) is 18.7 Å². The molecule has 2 saturated heterocycles. The van der Waals surface area contributed by atoms with Gasteiger partial charge in [0.15, 0.2) is 0 Å². The second-order valence-electron chi connectivity index (χ2n) is 5.29. The number of carbonyl (C=O) groups is 4. The molecule has 2 aliphatic heterocycles. The summed E-state index contributed by atoms with van der Waals surface area (Å²) < 4.78 is 0. The van der Waals surface area contributed by atoms with Gasteiger partial charge in [-0.3, -0.25) is 14.4 Å². The zero-order valence-corrected chi connectivity index (χ0v) is 11.5. The van der Waals surface area contributed by atoms with Crippen LogP contribution in [0.5, 0.6) is 0 Å². The van der Waals surface area contributed by atoms with Gasteiger partial charge in [-0.1, -0.05) is 6.92 Å². The minimum atomic E-state index is -0.864. The molecule has 2 heterocycles. The zero-order chi connectivity index (χ0) is 14.7. The number of rotatable bonds is 3. The van der Waals surface area contributed by atoms with Gasteiger partial charge in [-0.2, -0.15) is 0 Å². The summed E-state index contributed by atoms with van der Waals surface area (Å²) in [5.41, 5.74) is 0. The van der Waals surface area contributed by atoms with Gasteiger partial charge in [0.1, 0.15) is 6.42 Å². The van der Waals surface area contributed by atoms with E-state index in [1.807, 2.05) is 0 Å². The second kappa shape index (κ2) is 6.02. The first-order chi connectivity index (χ1) is 9.47. The minimum absolute atomic E-state index is 0.0457. The molecule has 0 aromatic heterocycles. The Balaban J connectivity index is 1.81. The zero-order valence-electron chi connectivity index (χ0n) is 11.5. The highest BCUT2D eigenvalue weighted by molar-refractivity contribution is 6.02. The third-order valence-corrected chi connectivity index (χ3v) is 3.63. The van der Waals surface area contributed by atoms with Crippen LogP contribution in [0, 0.1) is 5.92 Å². The Morgan fingerprint density at radius 2 is 1.70 bits per heavy atom. The van der Waals surface area contributed by atoms with Crippen molar-refractivity contribution in [3.05, 3.63) is 0 Å². The molecule has 2 aliphatic rings. The van der Waals surface area contributed by atoms with Crippen molar-refractivity contribution >= 4 is 23.7 Å².